The van der Waals surface area contributed by atoms with Gasteiger partial charge in [0, 0.05) is 29.1 Å². The van der Waals surface area contributed by atoms with E-state index in [2.05, 4.69) is 17.6 Å². The Labute approximate surface area is 216 Å². The molecule has 1 fully saturated rings. The molecule has 2 aliphatic rings. The first kappa shape index (κ1) is 26.8. The number of thiazole rings is 1. The molecule has 0 saturated heterocycles. The monoisotopic (exact) mass is 517 g/mol. The molecular weight excluding hydrogens is 478 g/mol. The number of aromatic nitrogens is 1. The third-order valence-electron chi connectivity index (χ3n) is 8.26. The Morgan fingerprint density at radius 1 is 1.28 bits per heavy atom. The van der Waals surface area contributed by atoms with Gasteiger partial charge in [0.05, 0.1) is 31.2 Å². The van der Waals surface area contributed by atoms with Gasteiger partial charge in [-0.15, -0.1) is 11.3 Å². The number of nitrogens with one attached hydrogen (secondary N) is 2. The van der Waals surface area contributed by atoms with Crippen molar-refractivity contribution in [3.05, 3.63) is 34.7 Å². The third kappa shape index (κ3) is 5.24. The maximum Gasteiger partial charge on any atom is 0.226 e. The topological polar surface area (TPSA) is 125 Å². The van der Waals surface area contributed by atoms with Gasteiger partial charge in [0.15, 0.2) is 5.13 Å². The fraction of sp³-hybridized carbons (Fsp3) is 0.667. The summed E-state index contributed by atoms with van der Waals surface area (Å²) in [6.45, 7) is 10.4. The van der Waals surface area contributed by atoms with Crippen molar-refractivity contribution in [3.8, 4) is 0 Å². The molecule has 2 amide bonds. The fourth-order valence-electron chi connectivity index (χ4n) is 6.20. The van der Waals surface area contributed by atoms with Gasteiger partial charge in [-0.25, -0.2) is 4.98 Å². The molecule has 9 heteroatoms. The van der Waals surface area contributed by atoms with Gasteiger partial charge in [0.25, 0.3) is 0 Å². The molecule has 2 aromatic rings. The van der Waals surface area contributed by atoms with Crippen LogP contribution in [0.25, 0.3) is 0 Å². The van der Waals surface area contributed by atoms with Crippen LogP contribution in [0.4, 0.5) is 5.13 Å². The molecule has 36 heavy (non-hydrogen) atoms. The highest BCUT2D eigenvalue weighted by molar-refractivity contribution is 7.15. The molecule has 1 saturated carbocycles. The zero-order valence-electron chi connectivity index (χ0n) is 21.9. The summed E-state index contributed by atoms with van der Waals surface area (Å²) < 4.78 is 5.34. The van der Waals surface area contributed by atoms with Crippen molar-refractivity contribution in [2.75, 3.05) is 11.9 Å². The number of rotatable bonds is 7. The molecule has 0 bridgehead atoms. The zero-order chi connectivity index (χ0) is 26.3. The zero-order valence-corrected chi connectivity index (χ0v) is 22.7. The van der Waals surface area contributed by atoms with Crippen LogP contribution in [0.5, 0.6) is 0 Å². The lowest BCUT2D eigenvalue weighted by molar-refractivity contribution is -0.144. The van der Waals surface area contributed by atoms with Crippen LogP contribution in [0.1, 0.15) is 82.6 Å². The van der Waals surface area contributed by atoms with Crippen LogP contribution < -0.4 is 10.6 Å². The number of amides is 2. The predicted molar refractivity (Wildman–Crippen MR) is 138 cm³/mol. The molecule has 0 spiro atoms. The highest BCUT2D eigenvalue weighted by Crippen LogP contribution is 2.62. The largest absolute Gasteiger partial charge is 0.467 e. The Bertz CT molecular complexity index is 1090. The number of carbonyl (C=O) groups excluding carboxylic acids is 2. The van der Waals surface area contributed by atoms with E-state index in [9.17, 15) is 19.8 Å². The third-order valence-corrected chi connectivity index (χ3v) is 9.27. The summed E-state index contributed by atoms with van der Waals surface area (Å²) in [5.41, 5.74) is -0.314. The lowest BCUT2D eigenvalue weighted by atomic mass is 9.47. The second kappa shape index (κ2) is 9.91. The highest BCUT2D eigenvalue weighted by Gasteiger charge is 2.59. The lowest BCUT2D eigenvalue weighted by Crippen LogP contribution is -2.57. The van der Waals surface area contributed by atoms with E-state index in [1.54, 1.807) is 12.3 Å². The van der Waals surface area contributed by atoms with Crippen LogP contribution in [0.3, 0.4) is 0 Å². The summed E-state index contributed by atoms with van der Waals surface area (Å²) in [7, 11) is 0. The smallest absolute Gasteiger partial charge is 0.226 e. The molecule has 198 valence electrons. The predicted octanol–water partition coefficient (Wildman–Crippen LogP) is 4.23. The van der Waals surface area contributed by atoms with E-state index in [1.165, 1.54) is 11.3 Å². The second-order valence-electron chi connectivity index (χ2n) is 12.2. The molecule has 8 nitrogen and oxygen atoms in total. The van der Waals surface area contributed by atoms with E-state index in [-0.39, 0.29) is 47.5 Å². The lowest BCUT2D eigenvalue weighted by Gasteiger charge is -2.58. The van der Waals surface area contributed by atoms with Crippen molar-refractivity contribution in [1.29, 1.82) is 0 Å². The van der Waals surface area contributed by atoms with Crippen molar-refractivity contribution in [2.45, 2.75) is 85.3 Å². The molecule has 5 unspecified atom stereocenters. The van der Waals surface area contributed by atoms with Gasteiger partial charge in [-0.2, -0.15) is 0 Å². The first-order chi connectivity index (χ1) is 16.9. The van der Waals surface area contributed by atoms with Gasteiger partial charge in [-0.3, -0.25) is 9.59 Å². The quantitative estimate of drug-likeness (QED) is 0.436. The maximum absolute atomic E-state index is 13.1. The van der Waals surface area contributed by atoms with Crippen molar-refractivity contribution in [3.63, 3.8) is 0 Å². The number of carbonyl (C=O) groups is 2. The van der Waals surface area contributed by atoms with Gasteiger partial charge < -0.3 is 25.3 Å². The summed E-state index contributed by atoms with van der Waals surface area (Å²) in [6, 6.07) is 3.60. The number of anilines is 1. The van der Waals surface area contributed by atoms with E-state index in [0.29, 0.717) is 36.7 Å². The van der Waals surface area contributed by atoms with Gasteiger partial charge in [-0.1, -0.05) is 34.6 Å². The molecule has 2 aromatic heterocycles. The van der Waals surface area contributed by atoms with Crippen LogP contribution in [-0.2, 0) is 22.6 Å². The van der Waals surface area contributed by atoms with Crippen LogP contribution >= 0.6 is 11.3 Å². The minimum atomic E-state index is -0.687. The van der Waals surface area contributed by atoms with Crippen LogP contribution in [0.2, 0.25) is 0 Å². The van der Waals surface area contributed by atoms with E-state index in [1.807, 2.05) is 33.8 Å². The Morgan fingerprint density at radius 3 is 2.67 bits per heavy atom. The van der Waals surface area contributed by atoms with Gasteiger partial charge in [0.1, 0.15) is 5.76 Å². The van der Waals surface area contributed by atoms with Gasteiger partial charge in [0.2, 0.25) is 11.8 Å². The standard InChI is InChI=1S/C27H39N3O5S/c1-25(2,3)13-22(34)29-24-30-23-17(11-21(33)28-14-16-7-6-10-35-16)26(4)9-8-20(32)27(5,15-31)19(26)12-18(23)36-24/h6-7,10,17,19-20,31-32H,8-9,11-15H2,1-5H3,(H,28,33)(H,29,30,34). The number of fused-ring (bicyclic) bond motifs is 2. The summed E-state index contributed by atoms with van der Waals surface area (Å²) >= 11 is 1.45. The molecule has 0 aromatic carbocycles. The minimum absolute atomic E-state index is 0.0345. The van der Waals surface area contributed by atoms with E-state index >= 15 is 0 Å². The van der Waals surface area contributed by atoms with Crippen molar-refractivity contribution in [1.82, 2.24) is 10.3 Å². The molecule has 4 rings (SSSR count). The summed E-state index contributed by atoms with van der Waals surface area (Å²) in [4.78, 5) is 31.6. The van der Waals surface area contributed by atoms with Crippen LogP contribution in [0.15, 0.2) is 22.8 Å². The highest BCUT2D eigenvalue weighted by atomic mass is 32.1. The van der Waals surface area contributed by atoms with Gasteiger partial charge >= 0.3 is 0 Å². The molecule has 5 atom stereocenters. The number of aliphatic hydroxyl groups is 2. The van der Waals surface area contributed by atoms with Crippen molar-refractivity contribution >= 4 is 28.3 Å². The number of hydrogen-bond acceptors (Lipinski definition) is 7. The average molecular weight is 518 g/mol. The fourth-order valence-corrected chi connectivity index (χ4v) is 7.29. The Morgan fingerprint density at radius 2 is 2.03 bits per heavy atom. The number of furan rings is 1. The van der Waals surface area contributed by atoms with E-state index in [4.69, 9.17) is 9.40 Å². The van der Waals surface area contributed by atoms with E-state index in [0.717, 1.165) is 17.0 Å². The number of nitrogens with zero attached hydrogens (tertiary/aromatic N) is 1. The first-order valence-corrected chi connectivity index (χ1v) is 13.5. The second-order valence-corrected chi connectivity index (χ2v) is 13.3. The Kier molecular flexibility index (Phi) is 7.38. The first-order valence-electron chi connectivity index (χ1n) is 12.7. The molecule has 0 aliphatic heterocycles. The molecule has 2 aliphatic carbocycles. The maximum atomic E-state index is 13.1. The number of aliphatic hydroxyl groups excluding tert-OH is 2. The number of hydrogen-bond donors (Lipinski definition) is 4. The SMILES string of the molecule is CC(C)(C)CC(=O)Nc1nc2c(s1)CC1C(C)(CO)C(O)CCC1(C)C2CC(=O)NCc1ccco1. The Balaban J connectivity index is 1.64. The normalized spacial score (nSPS) is 29.8. The van der Waals surface area contributed by atoms with Crippen LogP contribution in [-0.4, -0.2) is 39.7 Å². The minimum Gasteiger partial charge on any atom is -0.467 e. The average Bonchev–Trinajstić information content (AvgIpc) is 3.45. The molecule has 0 radical (unpaired) electrons. The van der Waals surface area contributed by atoms with Crippen molar-refractivity contribution < 1.29 is 24.2 Å². The Hall–Kier alpha value is -2.23. The molecular formula is C27H39N3O5S. The summed E-state index contributed by atoms with van der Waals surface area (Å²) in [5.74, 6) is 0.259. The molecule has 2 heterocycles. The van der Waals surface area contributed by atoms with Crippen LogP contribution in [0, 0.1) is 22.2 Å². The van der Waals surface area contributed by atoms with E-state index < -0.39 is 11.5 Å². The summed E-state index contributed by atoms with van der Waals surface area (Å²) in [5, 5.41) is 27.8. The van der Waals surface area contributed by atoms with Gasteiger partial charge in [-0.05, 0) is 48.1 Å². The van der Waals surface area contributed by atoms with Crippen molar-refractivity contribution in [2.24, 2.45) is 22.2 Å². The molecule has 4 N–H and O–H groups in total. The summed E-state index contributed by atoms with van der Waals surface area (Å²) in [6.07, 6.45) is 3.51.